The second-order valence-corrected chi connectivity index (χ2v) is 6.29. The van der Waals surface area contributed by atoms with Crippen LogP contribution in [0, 0.1) is 0 Å². The Hall–Kier alpha value is -3.03. The van der Waals surface area contributed by atoms with E-state index in [1.54, 1.807) is 24.4 Å². The van der Waals surface area contributed by atoms with Gasteiger partial charge in [0, 0.05) is 18.0 Å². The number of nitrogens with two attached hydrogens (primary N) is 1. The number of primary amides is 1. The first-order chi connectivity index (χ1) is 12.4. The van der Waals surface area contributed by atoms with E-state index in [-0.39, 0.29) is 12.1 Å². The van der Waals surface area contributed by atoms with Gasteiger partial charge in [-0.15, -0.1) is 0 Å². The maximum Gasteiger partial charge on any atom is 0.407 e. The number of nitrogens with zero attached hydrogens (tertiary/aromatic N) is 1. The summed E-state index contributed by atoms with van der Waals surface area (Å²) in [6.07, 6.45) is 1.68. The SMILES string of the molecule is CC(C)Oc1cc2c(OCC[C@@H]3COC(=O)N3)nccc2cc1C(N)=O. The van der Waals surface area contributed by atoms with Crippen LogP contribution < -0.4 is 20.5 Å². The minimum atomic E-state index is -0.557. The fourth-order valence-electron chi connectivity index (χ4n) is 2.71. The molecule has 1 saturated heterocycles. The van der Waals surface area contributed by atoms with Gasteiger partial charge in [-0.1, -0.05) is 0 Å². The highest BCUT2D eigenvalue weighted by molar-refractivity contribution is 6.01. The van der Waals surface area contributed by atoms with Gasteiger partial charge in [-0.3, -0.25) is 4.79 Å². The number of hydrogen-bond donors (Lipinski definition) is 2. The summed E-state index contributed by atoms with van der Waals surface area (Å²) in [6.45, 7) is 4.43. The first kappa shape index (κ1) is 17.8. The first-order valence-corrected chi connectivity index (χ1v) is 8.39. The lowest BCUT2D eigenvalue weighted by Gasteiger charge is -2.15. The average Bonchev–Trinajstić information content (AvgIpc) is 2.99. The predicted octanol–water partition coefficient (Wildman–Crippen LogP) is 2.00. The molecule has 0 aliphatic carbocycles. The summed E-state index contributed by atoms with van der Waals surface area (Å²) in [7, 11) is 0. The van der Waals surface area contributed by atoms with Crippen LogP contribution in [0.15, 0.2) is 24.4 Å². The van der Waals surface area contributed by atoms with Crippen LogP contribution in [0.4, 0.5) is 4.79 Å². The molecule has 0 radical (unpaired) electrons. The summed E-state index contributed by atoms with van der Waals surface area (Å²) < 4.78 is 16.4. The minimum absolute atomic E-state index is 0.0706. The number of nitrogens with one attached hydrogen (secondary N) is 1. The number of amides is 2. The molecule has 1 aromatic heterocycles. The zero-order valence-electron chi connectivity index (χ0n) is 14.7. The molecule has 3 N–H and O–H groups in total. The molecule has 1 atom stereocenters. The molecule has 138 valence electrons. The van der Waals surface area contributed by atoms with Crippen molar-refractivity contribution in [3.8, 4) is 11.6 Å². The molecular formula is C18H21N3O5. The lowest BCUT2D eigenvalue weighted by molar-refractivity contribution is 0.0994. The van der Waals surface area contributed by atoms with Gasteiger partial charge in [0.05, 0.1) is 24.3 Å². The minimum Gasteiger partial charge on any atom is -0.490 e. The van der Waals surface area contributed by atoms with E-state index in [2.05, 4.69) is 10.3 Å². The maximum atomic E-state index is 11.7. The number of cyclic esters (lactones) is 1. The van der Waals surface area contributed by atoms with Crippen molar-refractivity contribution in [2.45, 2.75) is 32.4 Å². The third-order valence-corrected chi connectivity index (χ3v) is 3.90. The molecule has 26 heavy (non-hydrogen) atoms. The van der Waals surface area contributed by atoms with E-state index < -0.39 is 12.0 Å². The van der Waals surface area contributed by atoms with Crippen LogP contribution in [-0.2, 0) is 4.74 Å². The molecule has 2 heterocycles. The number of carbonyl (C=O) groups is 2. The molecular weight excluding hydrogens is 338 g/mol. The van der Waals surface area contributed by atoms with Crippen molar-refractivity contribution in [1.82, 2.24) is 10.3 Å². The number of rotatable bonds is 7. The van der Waals surface area contributed by atoms with Crippen molar-refractivity contribution >= 4 is 22.8 Å². The summed E-state index contributed by atoms with van der Waals surface area (Å²) in [5.74, 6) is 0.269. The lowest BCUT2D eigenvalue weighted by Crippen LogP contribution is -2.27. The van der Waals surface area contributed by atoms with Crippen LogP contribution in [0.3, 0.4) is 0 Å². The summed E-state index contributed by atoms with van der Waals surface area (Å²) in [5.41, 5.74) is 5.78. The number of ether oxygens (including phenoxy) is 3. The highest BCUT2D eigenvalue weighted by Gasteiger charge is 2.22. The number of benzene rings is 1. The van der Waals surface area contributed by atoms with Crippen molar-refractivity contribution < 1.29 is 23.8 Å². The Bertz CT molecular complexity index is 837. The fraction of sp³-hybridized carbons (Fsp3) is 0.389. The fourth-order valence-corrected chi connectivity index (χ4v) is 2.71. The van der Waals surface area contributed by atoms with Gasteiger partial charge in [0.25, 0.3) is 5.91 Å². The van der Waals surface area contributed by atoms with Crippen LogP contribution >= 0.6 is 0 Å². The number of alkyl carbamates (subject to hydrolysis) is 1. The monoisotopic (exact) mass is 359 g/mol. The Morgan fingerprint density at radius 2 is 2.27 bits per heavy atom. The lowest BCUT2D eigenvalue weighted by atomic mass is 10.1. The highest BCUT2D eigenvalue weighted by atomic mass is 16.6. The van der Waals surface area contributed by atoms with Crippen LogP contribution in [0.25, 0.3) is 10.8 Å². The van der Waals surface area contributed by atoms with Gasteiger partial charge in [-0.2, -0.15) is 0 Å². The van der Waals surface area contributed by atoms with E-state index in [0.717, 1.165) is 10.8 Å². The second kappa shape index (κ2) is 7.47. The smallest absolute Gasteiger partial charge is 0.407 e. The Kier molecular flexibility index (Phi) is 5.11. The van der Waals surface area contributed by atoms with Crippen molar-refractivity contribution in [3.05, 3.63) is 30.0 Å². The van der Waals surface area contributed by atoms with E-state index in [1.165, 1.54) is 0 Å². The van der Waals surface area contributed by atoms with Crippen LogP contribution in [0.1, 0.15) is 30.6 Å². The van der Waals surface area contributed by atoms with Crippen molar-refractivity contribution in [2.75, 3.05) is 13.2 Å². The van der Waals surface area contributed by atoms with Gasteiger partial charge >= 0.3 is 6.09 Å². The Morgan fingerprint density at radius 3 is 2.92 bits per heavy atom. The molecule has 1 aliphatic rings. The Labute approximate surface area is 150 Å². The largest absolute Gasteiger partial charge is 0.490 e. The molecule has 8 nitrogen and oxygen atoms in total. The van der Waals surface area contributed by atoms with Gasteiger partial charge in [0.2, 0.25) is 5.88 Å². The summed E-state index contributed by atoms with van der Waals surface area (Å²) in [4.78, 5) is 27.0. The predicted molar refractivity (Wildman–Crippen MR) is 94.4 cm³/mol. The van der Waals surface area contributed by atoms with Gasteiger partial charge in [0.15, 0.2) is 0 Å². The summed E-state index contributed by atoms with van der Waals surface area (Å²) >= 11 is 0. The molecule has 0 saturated carbocycles. The van der Waals surface area contributed by atoms with E-state index in [0.29, 0.717) is 36.8 Å². The quantitative estimate of drug-likeness (QED) is 0.782. The third-order valence-electron chi connectivity index (χ3n) is 3.90. The highest BCUT2D eigenvalue weighted by Crippen LogP contribution is 2.31. The number of carbonyl (C=O) groups excluding carboxylic acids is 2. The molecule has 2 amide bonds. The Balaban J connectivity index is 1.83. The topological polar surface area (TPSA) is 113 Å². The molecule has 0 bridgehead atoms. The van der Waals surface area contributed by atoms with Gasteiger partial charge in [-0.25, -0.2) is 9.78 Å². The molecule has 1 fully saturated rings. The zero-order valence-corrected chi connectivity index (χ0v) is 14.7. The number of aromatic nitrogens is 1. The molecule has 0 unspecified atom stereocenters. The molecule has 0 spiro atoms. The van der Waals surface area contributed by atoms with E-state index >= 15 is 0 Å². The third kappa shape index (κ3) is 3.96. The summed E-state index contributed by atoms with van der Waals surface area (Å²) in [5, 5.41) is 4.19. The summed E-state index contributed by atoms with van der Waals surface area (Å²) in [6, 6.07) is 5.10. The van der Waals surface area contributed by atoms with Gasteiger partial charge in [0.1, 0.15) is 12.4 Å². The van der Waals surface area contributed by atoms with Crippen LogP contribution in [-0.4, -0.2) is 42.3 Å². The molecule has 1 aliphatic heterocycles. The van der Waals surface area contributed by atoms with Crippen LogP contribution in [0.2, 0.25) is 0 Å². The zero-order chi connectivity index (χ0) is 18.7. The van der Waals surface area contributed by atoms with Crippen molar-refractivity contribution in [2.24, 2.45) is 5.73 Å². The molecule has 3 rings (SSSR count). The number of hydrogen-bond acceptors (Lipinski definition) is 6. The first-order valence-electron chi connectivity index (χ1n) is 8.39. The maximum absolute atomic E-state index is 11.7. The normalized spacial score (nSPS) is 16.4. The average molecular weight is 359 g/mol. The number of pyridine rings is 1. The van der Waals surface area contributed by atoms with Crippen LogP contribution in [0.5, 0.6) is 11.6 Å². The van der Waals surface area contributed by atoms with Gasteiger partial charge < -0.3 is 25.3 Å². The van der Waals surface area contributed by atoms with Crippen molar-refractivity contribution in [3.63, 3.8) is 0 Å². The molecule has 1 aromatic carbocycles. The van der Waals surface area contributed by atoms with E-state index in [4.69, 9.17) is 19.9 Å². The molecule has 8 heteroatoms. The molecule has 2 aromatic rings. The standard InChI is InChI=1S/C18H21N3O5/c1-10(2)26-15-8-13-11(7-14(15)16(19)22)3-5-20-17(13)24-6-4-12-9-25-18(23)21-12/h3,5,7-8,10,12H,4,6,9H2,1-2H3,(H2,19,22)(H,21,23)/t12-/m1/s1. The van der Waals surface area contributed by atoms with E-state index in [1.807, 2.05) is 13.8 Å². The van der Waals surface area contributed by atoms with Gasteiger partial charge in [-0.05, 0) is 37.4 Å². The van der Waals surface area contributed by atoms with Crippen molar-refractivity contribution in [1.29, 1.82) is 0 Å². The van der Waals surface area contributed by atoms with E-state index in [9.17, 15) is 9.59 Å². The Morgan fingerprint density at radius 1 is 1.46 bits per heavy atom. The number of fused-ring (bicyclic) bond motifs is 1. The second-order valence-electron chi connectivity index (χ2n) is 6.29.